The number of aromatic nitrogens is 6. The van der Waals surface area contributed by atoms with E-state index in [1.807, 2.05) is 146 Å². The molecule has 0 aliphatic heterocycles. The van der Waals surface area contributed by atoms with Crippen LogP contribution in [0, 0.1) is 0 Å². The average molecular weight is 557 g/mol. The van der Waals surface area contributed by atoms with Gasteiger partial charge in [0, 0.05) is 33.4 Å². The quantitative estimate of drug-likeness (QED) is 0.204. The molecular formula is C37H28N6. The maximum absolute atomic E-state index is 4.97. The van der Waals surface area contributed by atoms with E-state index < -0.39 is 0 Å². The summed E-state index contributed by atoms with van der Waals surface area (Å²) < 4.78 is 0. The largest absolute Gasteiger partial charge is 0.224 e. The first kappa shape index (κ1) is 27.3. The molecule has 0 radical (unpaired) electrons. The van der Waals surface area contributed by atoms with Crippen LogP contribution >= 0.6 is 0 Å². The zero-order valence-corrected chi connectivity index (χ0v) is 22.5. The fourth-order valence-corrected chi connectivity index (χ4v) is 4.84. The van der Waals surface area contributed by atoms with Gasteiger partial charge in [0.25, 0.3) is 0 Å². The van der Waals surface area contributed by atoms with E-state index in [2.05, 4.69) is 20.4 Å². The van der Waals surface area contributed by atoms with E-state index in [9.17, 15) is 0 Å². The molecule has 2 aromatic heterocycles. The van der Waals surface area contributed by atoms with Gasteiger partial charge >= 0.3 is 0 Å². The van der Waals surface area contributed by atoms with Crippen molar-refractivity contribution in [3.8, 4) is 67.8 Å². The molecule has 7 rings (SSSR count). The van der Waals surface area contributed by atoms with Crippen LogP contribution in [0.3, 0.4) is 0 Å². The van der Waals surface area contributed by atoms with Crippen molar-refractivity contribution in [2.24, 2.45) is 0 Å². The molecule has 5 aromatic carbocycles. The molecule has 0 fully saturated rings. The summed E-state index contributed by atoms with van der Waals surface area (Å²) in [5.41, 5.74) is 8.65. The highest BCUT2D eigenvalue weighted by atomic mass is 15.2. The minimum atomic E-state index is 0. The van der Waals surface area contributed by atoms with E-state index >= 15 is 0 Å². The van der Waals surface area contributed by atoms with Crippen LogP contribution in [-0.2, 0) is 0 Å². The molecule has 0 amide bonds. The predicted octanol–water partition coefficient (Wildman–Crippen LogP) is 8.69. The van der Waals surface area contributed by atoms with Gasteiger partial charge in [-0.05, 0) is 0 Å². The first-order chi connectivity index (χ1) is 20.8. The summed E-state index contributed by atoms with van der Waals surface area (Å²) in [5, 5.41) is 18.3. The van der Waals surface area contributed by atoms with Crippen molar-refractivity contribution >= 4 is 0 Å². The maximum Gasteiger partial charge on any atom is 0.182 e. The van der Waals surface area contributed by atoms with Gasteiger partial charge in [-0.3, -0.25) is 0 Å². The highest BCUT2D eigenvalue weighted by molar-refractivity contribution is 5.80. The van der Waals surface area contributed by atoms with E-state index in [-0.39, 0.29) is 7.43 Å². The lowest BCUT2D eigenvalue weighted by molar-refractivity contribution is 0.988. The number of rotatable bonds is 6. The maximum atomic E-state index is 4.97. The van der Waals surface area contributed by atoms with Crippen LogP contribution in [0.1, 0.15) is 7.43 Å². The Hall–Kier alpha value is -5.88. The molecule has 0 unspecified atom stereocenters. The molecule has 0 saturated carbocycles. The summed E-state index contributed by atoms with van der Waals surface area (Å²) in [7, 11) is 0. The third kappa shape index (κ3) is 5.67. The van der Waals surface area contributed by atoms with Crippen molar-refractivity contribution in [3.63, 3.8) is 0 Å². The molecule has 7 aromatic rings. The van der Waals surface area contributed by atoms with Crippen LogP contribution in [0.25, 0.3) is 67.8 Å². The molecule has 206 valence electrons. The number of nitrogens with zero attached hydrogens (tertiary/aromatic N) is 6. The predicted molar refractivity (Wildman–Crippen MR) is 173 cm³/mol. The van der Waals surface area contributed by atoms with Crippen molar-refractivity contribution in [1.29, 1.82) is 0 Å². The van der Waals surface area contributed by atoms with Gasteiger partial charge in [0.15, 0.2) is 11.6 Å². The standard InChI is InChI=1S/C36H24N6.CH4/c1-5-13-25(14-6-1)31-33(27-17-9-3-10-18-27)39-41-35(37-31)29-21-23-30(24-22-29)36-38-32(26-15-7-2-8-16-26)34(40-42-36)28-19-11-4-12-20-28;/h1-24H;1H4. The zero-order valence-electron chi connectivity index (χ0n) is 22.5. The smallest absolute Gasteiger partial charge is 0.182 e. The summed E-state index contributed by atoms with van der Waals surface area (Å²) >= 11 is 0. The molecule has 0 atom stereocenters. The van der Waals surface area contributed by atoms with Crippen LogP contribution in [0.2, 0.25) is 0 Å². The van der Waals surface area contributed by atoms with Crippen molar-refractivity contribution < 1.29 is 0 Å². The third-order valence-electron chi connectivity index (χ3n) is 6.96. The Morgan fingerprint density at radius 2 is 0.535 bits per heavy atom. The SMILES string of the molecule is C.c1ccc(-c2nnc(-c3ccc(-c4nnc(-c5ccccc5)c(-c5ccccc5)n4)cc3)nc2-c2ccccc2)cc1. The minimum Gasteiger partial charge on any atom is -0.224 e. The Kier molecular flexibility index (Phi) is 7.82. The fraction of sp³-hybridized carbons (Fsp3) is 0.0270. The monoisotopic (exact) mass is 556 g/mol. The number of hydrogen-bond donors (Lipinski definition) is 0. The van der Waals surface area contributed by atoms with Crippen LogP contribution in [0.15, 0.2) is 146 Å². The summed E-state index contributed by atoms with van der Waals surface area (Å²) in [6.45, 7) is 0. The van der Waals surface area contributed by atoms with Gasteiger partial charge in [-0.25, -0.2) is 9.97 Å². The van der Waals surface area contributed by atoms with Gasteiger partial charge in [0.05, 0.1) is 0 Å². The van der Waals surface area contributed by atoms with Crippen molar-refractivity contribution in [2.45, 2.75) is 7.43 Å². The van der Waals surface area contributed by atoms with E-state index in [4.69, 9.17) is 9.97 Å². The molecule has 0 aliphatic rings. The number of hydrogen-bond acceptors (Lipinski definition) is 6. The van der Waals surface area contributed by atoms with Crippen molar-refractivity contribution in [2.75, 3.05) is 0 Å². The van der Waals surface area contributed by atoms with Gasteiger partial charge in [0.2, 0.25) is 0 Å². The molecule has 43 heavy (non-hydrogen) atoms. The van der Waals surface area contributed by atoms with Crippen molar-refractivity contribution in [3.05, 3.63) is 146 Å². The first-order valence-electron chi connectivity index (χ1n) is 13.7. The van der Waals surface area contributed by atoms with Crippen LogP contribution in [-0.4, -0.2) is 30.4 Å². The molecule has 0 aliphatic carbocycles. The third-order valence-corrected chi connectivity index (χ3v) is 6.96. The van der Waals surface area contributed by atoms with E-state index in [0.717, 1.165) is 56.2 Å². The second-order valence-corrected chi connectivity index (χ2v) is 9.71. The van der Waals surface area contributed by atoms with E-state index in [1.54, 1.807) is 0 Å². The normalized spacial score (nSPS) is 10.6. The van der Waals surface area contributed by atoms with E-state index in [1.165, 1.54) is 0 Å². The van der Waals surface area contributed by atoms with Gasteiger partial charge < -0.3 is 0 Å². The second-order valence-electron chi connectivity index (χ2n) is 9.71. The van der Waals surface area contributed by atoms with Crippen LogP contribution in [0.5, 0.6) is 0 Å². The lowest BCUT2D eigenvalue weighted by Gasteiger charge is -2.11. The highest BCUT2D eigenvalue weighted by Gasteiger charge is 2.17. The molecule has 6 nitrogen and oxygen atoms in total. The highest BCUT2D eigenvalue weighted by Crippen LogP contribution is 2.32. The lowest BCUT2D eigenvalue weighted by atomic mass is 10.0. The Bertz CT molecular complexity index is 1800. The minimum absolute atomic E-state index is 0. The Labute approximate surface area is 250 Å². The van der Waals surface area contributed by atoms with Gasteiger partial charge in [-0.2, -0.15) is 0 Å². The van der Waals surface area contributed by atoms with Gasteiger partial charge in [-0.15, -0.1) is 20.4 Å². The number of benzene rings is 5. The van der Waals surface area contributed by atoms with Gasteiger partial charge in [0.1, 0.15) is 22.8 Å². The summed E-state index contributed by atoms with van der Waals surface area (Å²) in [5.74, 6) is 1.09. The summed E-state index contributed by atoms with van der Waals surface area (Å²) in [4.78, 5) is 9.95. The van der Waals surface area contributed by atoms with Crippen molar-refractivity contribution in [1.82, 2.24) is 30.4 Å². The van der Waals surface area contributed by atoms with Crippen LogP contribution < -0.4 is 0 Å². The molecule has 0 spiro atoms. The second kappa shape index (κ2) is 12.3. The van der Waals surface area contributed by atoms with E-state index in [0.29, 0.717) is 11.6 Å². The van der Waals surface area contributed by atoms with Crippen LogP contribution in [0.4, 0.5) is 0 Å². The Morgan fingerprint density at radius 3 is 0.837 bits per heavy atom. The summed E-state index contributed by atoms with van der Waals surface area (Å²) in [6.07, 6.45) is 0. The molecule has 2 heterocycles. The Balaban J connectivity index is 0.00000329. The zero-order chi connectivity index (χ0) is 28.1. The van der Waals surface area contributed by atoms with Gasteiger partial charge in [-0.1, -0.05) is 153 Å². The fourth-order valence-electron chi connectivity index (χ4n) is 4.84. The average Bonchev–Trinajstić information content (AvgIpc) is 3.09. The molecule has 6 heteroatoms. The molecule has 0 saturated heterocycles. The Morgan fingerprint density at radius 1 is 0.256 bits per heavy atom. The molecule has 0 N–H and O–H groups in total. The molecular weight excluding hydrogens is 528 g/mol. The molecule has 0 bridgehead atoms. The lowest BCUT2D eigenvalue weighted by Crippen LogP contribution is -2.01. The topological polar surface area (TPSA) is 77.3 Å². The first-order valence-corrected chi connectivity index (χ1v) is 13.7. The summed E-state index contributed by atoms with van der Waals surface area (Å²) in [6, 6.07) is 48.1.